The fraction of sp³-hybridized carbons (Fsp3) is 0.250. The van der Waals surface area contributed by atoms with Crippen LogP contribution < -0.4 is 5.32 Å². The van der Waals surface area contributed by atoms with Crippen molar-refractivity contribution in [1.82, 2.24) is 10.3 Å². The molecule has 3 aromatic rings. The summed E-state index contributed by atoms with van der Waals surface area (Å²) in [5.74, 6) is 0.0799. The van der Waals surface area contributed by atoms with Crippen LogP contribution in [0.4, 0.5) is 0 Å². The Balaban J connectivity index is 1.75. The van der Waals surface area contributed by atoms with Crippen LogP contribution in [0.25, 0.3) is 11.1 Å². The molecule has 0 spiro atoms. The number of alkyl halides is 1. The van der Waals surface area contributed by atoms with Crippen LogP contribution in [0.2, 0.25) is 0 Å². The number of carbonyl (C=O) groups is 1. The van der Waals surface area contributed by atoms with Gasteiger partial charge in [0.1, 0.15) is 5.41 Å². The molecule has 0 aliphatic heterocycles. The van der Waals surface area contributed by atoms with E-state index in [1.165, 1.54) is 11.1 Å². The molecular formula is C24H23BrN2O. The number of fused-ring (bicyclic) bond motifs is 3. The highest BCUT2D eigenvalue weighted by molar-refractivity contribution is 9.09. The molecule has 0 saturated carbocycles. The highest BCUT2D eigenvalue weighted by Crippen LogP contribution is 2.51. The van der Waals surface area contributed by atoms with Gasteiger partial charge in [0.05, 0.1) is 0 Å². The van der Waals surface area contributed by atoms with Gasteiger partial charge in [0.15, 0.2) is 0 Å². The average molecular weight is 435 g/mol. The molecule has 1 heterocycles. The third kappa shape index (κ3) is 3.26. The minimum atomic E-state index is -0.637. The van der Waals surface area contributed by atoms with Gasteiger partial charge in [-0.05, 0) is 52.8 Å². The third-order valence-electron chi connectivity index (χ3n) is 5.59. The highest BCUT2D eigenvalue weighted by Gasteiger charge is 2.48. The van der Waals surface area contributed by atoms with Crippen molar-refractivity contribution in [2.75, 3.05) is 5.33 Å². The summed E-state index contributed by atoms with van der Waals surface area (Å²) in [6, 6.07) is 20.6. The molecule has 0 fully saturated rings. The Morgan fingerprint density at radius 1 is 0.893 bits per heavy atom. The van der Waals surface area contributed by atoms with Gasteiger partial charge in [-0.1, -0.05) is 70.9 Å². The van der Waals surface area contributed by atoms with E-state index in [1.54, 1.807) is 12.4 Å². The summed E-state index contributed by atoms with van der Waals surface area (Å²) in [6.45, 7) is 0.506. The van der Waals surface area contributed by atoms with Crippen molar-refractivity contribution in [2.24, 2.45) is 0 Å². The SMILES string of the molecule is O=C(NCc1ccncc1)C1(CCCCBr)c2ccccc2-c2ccccc21. The molecule has 1 N–H and O–H groups in total. The number of rotatable bonds is 7. The molecule has 1 aliphatic rings. The van der Waals surface area contributed by atoms with Gasteiger partial charge in [0.25, 0.3) is 0 Å². The Bertz CT molecular complexity index is 926. The number of unbranched alkanes of at least 4 members (excludes halogenated alkanes) is 1. The first-order chi connectivity index (χ1) is 13.8. The molecular weight excluding hydrogens is 412 g/mol. The Labute approximate surface area is 174 Å². The number of nitrogens with one attached hydrogen (secondary N) is 1. The van der Waals surface area contributed by atoms with Crippen LogP contribution in [0.3, 0.4) is 0 Å². The standard InChI is InChI=1S/C24H23BrN2O/c25-14-6-5-13-24(23(28)27-17-18-11-15-26-16-12-18)21-9-3-1-7-19(21)20-8-2-4-10-22(20)24/h1-4,7-12,15-16H,5-6,13-14,17H2,(H,27,28). The zero-order chi connectivity index (χ0) is 19.4. The smallest absolute Gasteiger partial charge is 0.235 e. The zero-order valence-corrected chi connectivity index (χ0v) is 17.3. The van der Waals surface area contributed by atoms with Crippen molar-refractivity contribution in [2.45, 2.75) is 31.2 Å². The van der Waals surface area contributed by atoms with Crippen LogP contribution in [0.1, 0.15) is 36.0 Å². The number of benzene rings is 2. The number of amides is 1. The predicted molar refractivity (Wildman–Crippen MR) is 116 cm³/mol. The van der Waals surface area contributed by atoms with E-state index >= 15 is 0 Å². The summed E-state index contributed by atoms with van der Waals surface area (Å²) in [4.78, 5) is 17.8. The lowest BCUT2D eigenvalue weighted by Crippen LogP contribution is -2.44. The van der Waals surface area contributed by atoms with E-state index in [-0.39, 0.29) is 5.91 Å². The molecule has 0 bridgehead atoms. The van der Waals surface area contributed by atoms with Crippen LogP contribution >= 0.6 is 15.9 Å². The molecule has 0 unspecified atom stereocenters. The largest absolute Gasteiger partial charge is 0.351 e. The van der Waals surface area contributed by atoms with Gasteiger partial charge in [-0.2, -0.15) is 0 Å². The lowest BCUT2D eigenvalue weighted by molar-refractivity contribution is -0.125. The monoisotopic (exact) mass is 434 g/mol. The number of carbonyl (C=O) groups excluding carboxylic acids is 1. The van der Waals surface area contributed by atoms with Crippen LogP contribution in [0.15, 0.2) is 73.1 Å². The average Bonchev–Trinajstić information content (AvgIpc) is 3.04. The van der Waals surface area contributed by atoms with E-state index in [0.29, 0.717) is 6.54 Å². The van der Waals surface area contributed by atoms with Crippen LogP contribution in [0.5, 0.6) is 0 Å². The Hall–Kier alpha value is -2.46. The second-order valence-corrected chi connectivity index (χ2v) is 7.97. The number of hydrogen-bond donors (Lipinski definition) is 1. The van der Waals surface area contributed by atoms with E-state index in [1.807, 2.05) is 24.3 Å². The maximum atomic E-state index is 13.7. The van der Waals surface area contributed by atoms with Crippen LogP contribution in [0, 0.1) is 0 Å². The van der Waals surface area contributed by atoms with Gasteiger partial charge in [-0.25, -0.2) is 0 Å². The number of nitrogens with zero attached hydrogens (tertiary/aromatic N) is 1. The van der Waals surface area contributed by atoms with Crippen LogP contribution in [-0.2, 0) is 16.8 Å². The third-order valence-corrected chi connectivity index (χ3v) is 6.15. The molecule has 4 heteroatoms. The predicted octanol–water partition coefficient (Wildman–Crippen LogP) is 5.23. The molecule has 2 aromatic carbocycles. The molecule has 0 saturated heterocycles. The molecule has 1 aromatic heterocycles. The second kappa shape index (κ2) is 8.27. The zero-order valence-electron chi connectivity index (χ0n) is 15.7. The molecule has 0 atom stereocenters. The number of hydrogen-bond acceptors (Lipinski definition) is 2. The number of halogens is 1. The molecule has 1 aliphatic carbocycles. The second-order valence-electron chi connectivity index (χ2n) is 7.18. The van der Waals surface area contributed by atoms with Crippen molar-refractivity contribution in [3.8, 4) is 11.1 Å². The minimum absolute atomic E-state index is 0.0799. The van der Waals surface area contributed by atoms with Crippen molar-refractivity contribution in [1.29, 1.82) is 0 Å². The Morgan fingerprint density at radius 3 is 2.11 bits per heavy atom. The molecule has 0 radical (unpaired) electrons. The van der Waals surface area contributed by atoms with Crippen molar-refractivity contribution in [3.63, 3.8) is 0 Å². The molecule has 3 nitrogen and oxygen atoms in total. The van der Waals surface area contributed by atoms with Crippen molar-refractivity contribution in [3.05, 3.63) is 89.7 Å². The van der Waals surface area contributed by atoms with Gasteiger partial charge >= 0.3 is 0 Å². The maximum absolute atomic E-state index is 13.7. The van der Waals surface area contributed by atoms with E-state index in [0.717, 1.165) is 41.3 Å². The van der Waals surface area contributed by atoms with Crippen LogP contribution in [-0.4, -0.2) is 16.2 Å². The first-order valence-electron chi connectivity index (χ1n) is 9.70. The number of pyridine rings is 1. The van der Waals surface area contributed by atoms with E-state index in [2.05, 4.69) is 62.6 Å². The fourth-order valence-electron chi connectivity index (χ4n) is 4.27. The Kier molecular flexibility index (Phi) is 5.58. The minimum Gasteiger partial charge on any atom is -0.351 e. The Morgan fingerprint density at radius 2 is 1.50 bits per heavy atom. The molecule has 4 rings (SSSR count). The first-order valence-corrected chi connectivity index (χ1v) is 10.8. The summed E-state index contributed by atoms with van der Waals surface area (Å²) in [5, 5.41) is 4.16. The fourth-order valence-corrected chi connectivity index (χ4v) is 4.67. The van der Waals surface area contributed by atoms with Gasteiger partial charge in [-0.3, -0.25) is 9.78 Å². The maximum Gasteiger partial charge on any atom is 0.235 e. The first kappa shape index (κ1) is 18.9. The summed E-state index contributed by atoms with van der Waals surface area (Å²) in [6.07, 6.45) is 6.34. The summed E-state index contributed by atoms with van der Waals surface area (Å²) >= 11 is 3.53. The van der Waals surface area contributed by atoms with Crippen molar-refractivity contribution < 1.29 is 4.79 Å². The molecule has 142 valence electrons. The summed E-state index contributed by atoms with van der Waals surface area (Å²) < 4.78 is 0. The number of aromatic nitrogens is 1. The van der Waals surface area contributed by atoms with Gasteiger partial charge in [0.2, 0.25) is 5.91 Å². The van der Waals surface area contributed by atoms with Gasteiger partial charge in [0, 0.05) is 24.3 Å². The lowest BCUT2D eigenvalue weighted by atomic mass is 9.73. The van der Waals surface area contributed by atoms with E-state index in [4.69, 9.17) is 0 Å². The van der Waals surface area contributed by atoms with Crippen molar-refractivity contribution >= 4 is 21.8 Å². The highest BCUT2D eigenvalue weighted by atomic mass is 79.9. The summed E-state index contributed by atoms with van der Waals surface area (Å²) in [7, 11) is 0. The van der Waals surface area contributed by atoms with Gasteiger partial charge in [-0.15, -0.1) is 0 Å². The van der Waals surface area contributed by atoms with Gasteiger partial charge < -0.3 is 5.32 Å². The topological polar surface area (TPSA) is 42.0 Å². The summed E-state index contributed by atoms with van der Waals surface area (Å²) in [5.41, 5.74) is 5.02. The normalized spacial score (nSPS) is 13.6. The molecule has 1 amide bonds. The quantitative estimate of drug-likeness (QED) is 0.408. The van der Waals surface area contributed by atoms with E-state index < -0.39 is 5.41 Å². The molecule has 28 heavy (non-hydrogen) atoms. The van der Waals surface area contributed by atoms with E-state index in [9.17, 15) is 4.79 Å². The lowest BCUT2D eigenvalue weighted by Gasteiger charge is -2.31.